The highest BCUT2D eigenvalue weighted by Gasteiger charge is 2.58. The van der Waals surface area contributed by atoms with Crippen molar-refractivity contribution in [1.29, 1.82) is 0 Å². The maximum absolute atomic E-state index is 2.83. The van der Waals surface area contributed by atoms with E-state index in [0.717, 1.165) is 22.9 Å². The van der Waals surface area contributed by atoms with Gasteiger partial charge in [-0.2, -0.15) is 0 Å². The number of hydrogen-bond acceptors (Lipinski definition) is 0. The van der Waals surface area contributed by atoms with Crippen LogP contribution in [0.5, 0.6) is 0 Å². The SMILES string of the molecule is CCC1C[C@@H]2C(c3ccc(C(C)(C)C)cc3)=CC=CC2C1[Si](C)(C)C1C(CC)C[C@@H]2C(c3ccc(C(C)(C)C)cc3)=CC=CC12. The monoisotopic (exact) mass is 616 g/mol. The van der Waals surface area contributed by atoms with Crippen LogP contribution in [0.25, 0.3) is 11.1 Å². The van der Waals surface area contributed by atoms with Crippen LogP contribution in [-0.4, -0.2) is 8.07 Å². The average molecular weight is 617 g/mol. The molecule has 0 N–H and O–H groups in total. The van der Waals surface area contributed by atoms with Crippen LogP contribution in [0.3, 0.4) is 0 Å². The molecule has 0 bridgehead atoms. The van der Waals surface area contributed by atoms with Gasteiger partial charge < -0.3 is 0 Å². The molecule has 6 unspecified atom stereocenters. The van der Waals surface area contributed by atoms with Crippen molar-refractivity contribution in [1.82, 2.24) is 0 Å². The van der Waals surface area contributed by atoms with Crippen LogP contribution in [0.15, 0.2) is 85.0 Å². The molecule has 45 heavy (non-hydrogen) atoms. The lowest BCUT2D eigenvalue weighted by molar-refractivity contribution is 0.452. The van der Waals surface area contributed by atoms with E-state index in [1.807, 2.05) is 0 Å². The Morgan fingerprint density at radius 1 is 0.578 bits per heavy atom. The molecule has 0 heterocycles. The van der Waals surface area contributed by atoms with Crippen LogP contribution in [0, 0.1) is 35.5 Å². The summed E-state index contributed by atoms with van der Waals surface area (Å²) >= 11 is 0. The van der Waals surface area contributed by atoms with Gasteiger partial charge in [0.25, 0.3) is 0 Å². The standard InChI is InChI=1S/C44H60Si/c1-11-29-27-39-35(31-19-23-33(24-20-31)43(3,4)5)15-13-17-37(39)41(29)45(9,10)42-30(12-2)28-40-36(16-14-18-38(40)42)32-21-25-34(26-22-32)44(6,7)8/h13-26,29-30,37-42H,11-12,27-28H2,1-10H3/t29?,30?,37?,38?,39-,40-,41?,42?/m1/s1. The Hall–Kier alpha value is -2.38. The first kappa shape index (κ1) is 32.6. The smallest absolute Gasteiger partial charge is 0.0553 e. The second-order valence-electron chi connectivity index (χ2n) is 17.7. The lowest BCUT2D eigenvalue weighted by Gasteiger charge is -2.46. The van der Waals surface area contributed by atoms with Gasteiger partial charge in [-0.25, -0.2) is 0 Å². The number of benzene rings is 2. The van der Waals surface area contributed by atoms with Gasteiger partial charge in [-0.3, -0.25) is 0 Å². The summed E-state index contributed by atoms with van der Waals surface area (Å²) in [6.45, 7) is 24.5. The maximum Gasteiger partial charge on any atom is 0.0553 e. The van der Waals surface area contributed by atoms with E-state index < -0.39 is 8.07 Å². The van der Waals surface area contributed by atoms with E-state index in [1.165, 1.54) is 47.9 Å². The molecule has 6 rings (SSSR count). The molecule has 240 valence electrons. The summed E-state index contributed by atoms with van der Waals surface area (Å²) in [6.07, 6.45) is 20.4. The number of fused-ring (bicyclic) bond motifs is 2. The maximum atomic E-state index is 2.83. The molecule has 0 saturated heterocycles. The molecule has 4 aliphatic carbocycles. The third-order valence-electron chi connectivity index (χ3n) is 12.8. The minimum atomic E-state index is -1.71. The molecule has 0 aromatic heterocycles. The van der Waals surface area contributed by atoms with Crippen molar-refractivity contribution in [3.05, 3.63) is 107 Å². The minimum absolute atomic E-state index is 0.191. The van der Waals surface area contributed by atoms with Gasteiger partial charge in [-0.15, -0.1) is 0 Å². The summed E-state index contributed by atoms with van der Waals surface area (Å²) in [7, 11) is -1.71. The van der Waals surface area contributed by atoms with E-state index in [9.17, 15) is 0 Å². The quantitative estimate of drug-likeness (QED) is 0.283. The molecule has 0 radical (unpaired) electrons. The van der Waals surface area contributed by atoms with E-state index in [4.69, 9.17) is 0 Å². The first-order chi connectivity index (χ1) is 21.3. The highest BCUT2D eigenvalue weighted by Crippen LogP contribution is 2.65. The first-order valence-corrected chi connectivity index (χ1v) is 21.4. The van der Waals surface area contributed by atoms with Crippen molar-refractivity contribution < 1.29 is 0 Å². The van der Waals surface area contributed by atoms with Crippen LogP contribution in [0.2, 0.25) is 24.2 Å². The predicted octanol–water partition coefficient (Wildman–Crippen LogP) is 12.7. The van der Waals surface area contributed by atoms with Gasteiger partial charge >= 0.3 is 0 Å². The highest BCUT2D eigenvalue weighted by atomic mass is 28.3. The van der Waals surface area contributed by atoms with Crippen LogP contribution >= 0.6 is 0 Å². The fourth-order valence-corrected chi connectivity index (χ4v) is 16.9. The summed E-state index contributed by atoms with van der Waals surface area (Å²) in [5.74, 6) is 4.34. The average Bonchev–Trinajstić information content (AvgIpc) is 3.60. The summed E-state index contributed by atoms with van der Waals surface area (Å²) < 4.78 is 0. The zero-order valence-electron chi connectivity index (χ0n) is 30.0. The Morgan fingerprint density at radius 2 is 0.933 bits per heavy atom. The van der Waals surface area contributed by atoms with Crippen molar-refractivity contribution in [3.63, 3.8) is 0 Å². The van der Waals surface area contributed by atoms with Crippen molar-refractivity contribution in [2.24, 2.45) is 35.5 Å². The Labute approximate surface area is 277 Å². The molecule has 1 heteroatoms. The van der Waals surface area contributed by atoms with E-state index in [1.54, 1.807) is 11.1 Å². The minimum Gasteiger partial charge on any atom is -0.0808 e. The van der Waals surface area contributed by atoms with Gasteiger partial charge in [-0.1, -0.05) is 166 Å². The molecule has 0 nitrogen and oxygen atoms in total. The van der Waals surface area contributed by atoms with Gasteiger partial charge in [-0.05, 0) is 104 Å². The Morgan fingerprint density at radius 3 is 1.24 bits per heavy atom. The fourth-order valence-electron chi connectivity index (χ4n) is 10.6. The zero-order valence-corrected chi connectivity index (χ0v) is 31.0. The van der Waals surface area contributed by atoms with Crippen LogP contribution in [0.1, 0.15) is 103 Å². The lowest BCUT2D eigenvalue weighted by Crippen LogP contribution is -2.46. The molecule has 2 aromatic carbocycles. The van der Waals surface area contributed by atoms with Gasteiger partial charge in [0.2, 0.25) is 0 Å². The van der Waals surface area contributed by atoms with Crippen LogP contribution in [-0.2, 0) is 10.8 Å². The molecule has 0 spiro atoms. The summed E-state index contributed by atoms with van der Waals surface area (Å²) in [5.41, 5.74) is 11.0. The van der Waals surface area contributed by atoms with Gasteiger partial charge in [0, 0.05) is 0 Å². The number of allylic oxidation sites excluding steroid dienone is 8. The third-order valence-corrected chi connectivity index (χ3v) is 18.0. The number of rotatable bonds is 6. The molecule has 2 fully saturated rings. The van der Waals surface area contributed by atoms with Crippen LogP contribution < -0.4 is 0 Å². The third kappa shape index (κ3) is 5.86. The first-order valence-electron chi connectivity index (χ1n) is 18.2. The zero-order chi connectivity index (χ0) is 32.3. The molecular formula is C44H60Si. The second-order valence-corrected chi connectivity index (χ2v) is 22.7. The summed E-state index contributed by atoms with van der Waals surface area (Å²) in [5, 5.41) is 0. The molecule has 2 saturated carbocycles. The van der Waals surface area contributed by atoms with E-state index in [-0.39, 0.29) is 10.8 Å². The fraction of sp³-hybridized carbons (Fsp3) is 0.545. The lowest BCUT2D eigenvalue weighted by atomic mass is 9.80. The van der Waals surface area contributed by atoms with Crippen molar-refractivity contribution >= 4 is 19.2 Å². The largest absolute Gasteiger partial charge is 0.0808 e. The van der Waals surface area contributed by atoms with Gasteiger partial charge in [0.15, 0.2) is 0 Å². The molecule has 2 aromatic rings. The summed E-state index contributed by atoms with van der Waals surface area (Å²) in [4.78, 5) is 0. The molecule has 4 aliphatic rings. The predicted molar refractivity (Wildman–Crippen MR) is 200 cm³/mol. The molecule has 8 atom stereocenters. The topological polar surface area (TPSA) is 0 Å². The molecule has 0 aliphatic heterocycles. The van der Waals surface area contributed by atoms with Crippen molar-refractivity contribution in [2.45, 2.75) is 116 Å². The van der Waals surface area contributed by atoms with E-state index >= 15 is 0 Å². The van der Waals surface area contributed by atoms with Gasteiger partial charge in [0.05, 0.1) is 8.07 Å². The van der Waals surface area contributed by atoms with Crippen molar-refractivity contribution in [3.8, 4) is 0 Å². The Bertz CT molecular complexity index is 1370. The second kappa shape index (κ2) is 12.0. The van der Waals surface area contributed by atoms with Crippen molar-refractivity contribution in [2.75, 3.05) is 0 Å². The Kier molecular flexibility index (Phi) is 8.69. The van der Waals surface area contributed by atoms with Gasteiger partial charge in [0.1, 0.15) is 0 Å². The Balaban J connectivity index is 1.29. The van der Waals surface area contributed by atoms with Crippen LogP contribution in [0.4, 0.5) is 0 Å². The number of hydrogen-bond donors (Lipinski definition) is 0. The van der Waals surface area contributed by atoms with E-state index in [0.29, 0.717) is 23.7 Å². The molecular weight excluding hydrogens is 557 g/mol. The highest BCUT2D eigenvalue weighted by molar-refractivity contribution is 6.80. The molecule has 0 amide bonds. The summed E-state index contributed by atoms with van der Waals surface area (Å²) in [6, 6.07) is 19.2. The van der Waals surface area contributed by atoms with E-state index in [2.05, 4.69) is 153 Å². The normalized spacial score (nSPS) is 31.4.